The summed E-state index contributed by atoms with van der Waals surface area (Å²) < 4.78 is 2.06. The molecule has 1 aliphatic rings. The molecule has 4 nitrogen and oxygen atoms in total. The number of aromatic nitrogens is 1. The minimum Gasteiger partial charge on any atom is -0.384 e. The highest BCUT2D eigenvalue weighted by Crippen LogP contribution is 2.35. The van der Waals surface area contributed by atoms with E-state index in [9.17, 15) is 4.79 Å². The Morgan fingerprint density at radius 2 is 2.38 bits per heavy atom. The van der Waals surface area contributed by atoms with Crippen molar-refractivity contribution < 1.29 is 9.90 Å². The molecule has 2 aromatic rings. The Hall–Kier alpha value is -2.03. The zero-order valence-corrected chi connectivity index (χ0v) is 12.3. The summed E-state index contributed by atoms with van der Waals surface area (Å²) in [5.74, 6) is 5.43. The van der Waals surface area contributed by atoms with Gasteiger partial charge >= 0.3 is 0 Å². The summed E-state index contributed by atoms with van der Waals surface area (Å²) in [5, 5.41) is 13.5. The lowest BCUT2D eigenvalue weighted by Gasteiger charge is -2.07. The van der Waals surface area contributed by atoms with E-state index in [0.29, 0.717) is 12.6 Å². The molecule has 1 saturated carbocycles. The SMILES string of the molecule is O=C(NCc1cc(C#CCO)cs1)c1cccn1C1CC1. The lowest BCUT2D eigenvalue weighted by Crippen LogP contribution is -2.24. The van der Waals surface area contributed by atoms with Crippen molar-refractivity contribution in [2.75, 3.05) is 6.61 Å². The summed E-state index contributed by atoms with van der Waals surface area (Å²) in [6.07, 6.45) is 4.29. The first-order valence-electron chi connectivity index (χ1n) is 6.90. The minimum absolute atomic E-state index is 0.0386. The maximum absolute atomic E-state index is 12.2. The Kier molecular flexibility index (Phi) is 4.09. The zero-order valence-electron chi connectivity index (χ0n) is 11.5. The topological polar surface area (TPSA) is 54.3 Å². The molecule has 0 bridgehead atoms. The summed E-state index contributed by atoms with van der Waals surface area (Å²) in [5.41, 5.74) is 1.61. The second-order valence-corrected chi connectivity index (χ2v) is 5.97. The van der Waals surface area contributed by atoms with Gasteiger partial charge in [0.05, 0.1) is 6.54 Å². The van der Waals surface area contributed by atoms with E-state index in [1.165, 1.54) is 0 Å². The van der Waals surface area contributed by atoms with Gasteiger partial charge in [-0.2, -0.15) is 0 Å². The number of amides is 1. The largest absolute Gasteiger partial charge is 0.384 e. The summed E-state index contributed by atoms with van der Waals surface area (Å²) in [6, 6.07) is 6.22. The van der Waals surface area contributed by atoms with Crippen LogP contribution in [0.5, 0.6) is 0 Å². The molecule has 2 aromatic heterocycles. The number of carbonyl (C=O) groups is 1. The lowest BCUT2D eigenvalue weighted by atomic mass is 10.3. The predicted molar refractivity (Wildman–Crippen MR) is 82.2 cm³/mol. The van der Waals surface area contributed by atoms with Crippen molar-refractivity contribution in [2.45, 2.75) is 25.4 Å². The van der Waals surface area contributed by atoms with E-state index < -0.39 is 0 Å². The summed E-state index contributed by atoms with van der Waals surface area (Å²) in [4.78, 5) is 13.3. The van der Waals surface area contributed by atoms with Crippen LogP contribution in [0, 0.1) is 11.8 Å². The summed E-state index contributed by atoms with van der Waals surface area (Å²) in [7, 11) is 0. The highest BCUT2D eigenvalue weighted by molar-refractivity contribution is 7.10. The van der Waals surface area contributed by atoms with Crippen LogP contribution >= 0.6 is 11.3 Å². The van der Waals surface area contributed by atoms with Gasteiger partial charge in [0.15, 0.2) is 0 Å². The molecule has 0 aliphatic heterocycles. The van der Waals surface area contributed by atoms with E-state index in [1.807, 2.05) is 29.8 Å². The van der Waals surface area contributed by atoms with E-state index in [0.717, 1.165) is 29.0 Å². The molecule has 5 heteroatoms. The fraction of sp³-hybridized carbons (Fsp3) is 0.312. The predicted octanol–water partition coefficient (Wildman–Crippen LogP) is 2.16. The first-order valence-corrected chi connectivity index (χ1v) is 7.78. The normalized spacial score (nSPS) is 13.6. The molecule has 3 rings (SSSR count). The number of aliphatic hydroxyl groups is 1. The van der Waals surface area contributed by atoms with Crippen molar-refractivity contribution in [2.24, 2.45) is 0 Å². The number of aliphatic hydroxyl groups excluding tert-OH is 1. The van der Waals surface area contributed by atoms with Crippen molar-refractivity contribution in [3.63, 3.8) is 0 Å². The van der Waals surface area contributed by atoms with Crippen LogP contribution in [0.2, 0.25) is 0 Å². The van der Waals surface area contributed by atoms with Crippen molar-refractivity contribution in [1.82, 2.24) is 9.88 Å². The smallest absolute Gasteiger partial charge is 0.268 e. The molecular weight excluding hydrogens is 284 g/mol. The van der Waals surface area contributed by atoms with E-state index in [2.05, 4.69) is 21.7 Å². The van der Waals surface area contributed by atoms with Crippen LogP contribution in [-0.2, 0) is 6.54 Å². The van der Waals surface area contributed by atoms with Crippen molar-refractivity contribution in [3.05, 3.63) is 45.9 Å². The molecule has 0 saturated heterocycles. The van der Waals surface area contributed by atoms with Gasteiger partial charge in [0.25, 0.3) is 5.91 Å². The number of rotatable bonds is 4. The molecule has 2 heterocycles. The Bertz CT molecular complexity index is 701. The Balaban J connectivity index is 1.60. The highest BCUT2D eigenvalue weighted by atomic mass is 32.1. The van der Waals surface area contributed by atoms with Crippen LogP contribution in [0.3, 0.4) is 0 Å². The summed E-state index contributed by atoms with van der Waals surface area (Å²) >= 11 is 1.56. The van der Waals surface area contributed by atoms with Gasteiger partial charge in [-0.05, 0) is 31.0 Å². The third kappa shape index (κ3) is 3.35. The highest BCUT2D eigenvalue weighted by Gasteiger charge is 2.26. The fourth-order valence-electron chi connectivity index (χ4n) is 2.20. The lowest BCUT2D eigenvalue weighted by molar-refractivity contribution is 0.0942. The van der Waals surface area contributed by atoms with Crippen LogP contribution < -0.4 is 5.32 Å². The average Bonchev–Trinajstić information content (AvgIpc) is 3.04. The van der Waals surface area contributed by atoms with Crippen LogP contribution in [-0.4, -0.2) is 22.2 Å². The van der Waals surface area contributed by atoms with Crippen LogP contribution in [0.25, 0.3) is 0 Å². The molecule has 1 aliphatic carbocycles. The van der Waals surface area contributed by atoms with Gasteiger partial charge in [0.2, 0.25) is 0 Å². The van der Waals surface area contributed by atoms with Gasteiger partial charge in [-0.15, -0.1) is 11.3 Å². The molecule has 2 N–H and O–H groups in total. The Morgan fingerprint density at radius 3 is 3.14 bits per heavy atom. The standard InChI is InChI=1S/C16H16N2O2S/c19-8-2-3-12-9-14(21-11-12)10-17-16(20)15-4-1-7-18(15)13-5-6-13/h1,4,7,9,11,13,19H,5-6,8,10H2,(H,17,20). The minimum atomic E-state index is -0.139. The fourth-order valence-corrected chi connectivity index (χ4v) is 2.95. The maximum Gasteiger partial charge on any atom is 0.268 e. The van der Waals surface area contributed by atoms with Gasteiger partial charge in [0, 0.05) is 28.1 Å². The monoisotopic (exact) mass is 300 g/mol. The molecular formula is C16H16N2O2S. The van der Waals surface area contributed by atoms with Gasteiger partial charge in [-0.25, -0.2) is 0 Å². The third-order valence-corrected chi connectivity index (χ3v) is 4.28. The Labute approximate surface area is 127 Å². The van der Waals surface area contributed by atoms with Gasteiger partial charge in [0.1, 0.15) is 12.3 Å². The molecule has 1 fully saturated rings. The molecule has 0 aromatic carbocycles. The molecule has 0 radical (unpaired) electrons. The number of thiophene rings is 1. The second kappa shape index (κ2) is 6.17. The summed E-state index contributed by atoms with van der Waals surface area (Å²) in [6.45, 7) is 0.361. The van der Waals surface area contributed by atoms with Crippen molar-refractivity contribution in [3.8, 4) is 11.8 Å². The van der Waals surface area contributed by atoms with Crippen molar-refractivity contribution >= 4 is 17.2 Å². The average molecular weight is 300 g/mol. The molecule has 1 amide bonds. The number of hydrogen-bond donors (Lipinski definition) is 2. The van der Waals surface area contributed by atoms with Crippen LogP contribution in [0.1, 0.15) is 39.8 Å². The number of hydrogen-bond acceptors (Lipinski definition) is 3. The van der Waals surface area contributed by atoms with Crippen molar-refractivity contribution in [1.29, 1.82) is 0 Å². The first kappa shape index (κ1) is 13.9. The van der Waals surface area contributed by atoms with Gasteiger partial charge in [-0.1, -0.05) is 11.8 Å². The molecule has 108 valence electrons. The molecule has 0 unspecified atom stereocenters. The molecule has 0 spiro atoms. The number of nitrogens with zero attached hydrogens (tertiary/aromatic N) is 1. The maximum atomic E-state index is 12.2. The quantitative estimate of drug-likeness (QED) is 0.850. The zero-order chi connectivity index (χ0) is 14.7. The molecule has 0 atom stereocenters. The third-order valence-electron chi connectivity index (χ3n) is 3.34. The van der Waals surface area contributed by atoms with E-state index in [-0.39, 0.29) is 12.5 Å². The van der Waals surface area contributed by atoms with Gasteiger partial charge < -0.3 is 15.0 Å². The van der Waals surface area contributed by atoms with Crippen LogP contribution in [0.4, 0.5) is 0 Å². The second-order valence-electron chi connectivity index (χ2n) is 4.98. The molecule has 21 heavy (non-hydrogen) atoms. The number of nitrogens with one attached hydrogen (secondary N) is 1. The van der Waals surface area contributed by atoms with E-state index in [4.69, 9.17) is 5.11 Å². The number of carbonyl (C=O) groups excluding carboxylic acids is 1. The van der Waals surface area contributed by atoms with E-state index >= 15 is 0 Å². The van der Waals surface area contributed by atoms with Gasteiger partial charge in [-0.3, -0.25) is 4.79 Å². The first-order chi connectivity index (χ1) is 10.3. The van der Waals surface area contributed by atoms with E-state index in [1.54, 1.807) is 11.3 Å². The Morgan fingerprint density at radius 1 is 1.52 bits per heavy atom. The van der Waals surface area contributed by atoms with Crippen LogP contribution in [0.15, 0.2) is 29.8 Å².